The molecule has 0 aliphatic heterocycles. The fraction of sp³-hybridized carbons (Fsp3) is 0.273. The molecule has 3 rings (SSSR count). The number of aliphatic hydroxyl groups excluding tert-OH is 1. The van der Waals surface area contributed by atoms with Gasteiger partial charge >= 0.3 is 5.69 Å². The summed E-state index contributed by atoms with van der Waals surface area (Å²) >= 11 is 0. The molecule has 0 spiro atoms. The molecule has 8 heteroatoms. The highest BCUT2D eigenvalue weighted by atomic mass is 16.5. The van der Waals surface area contributed by atoms with Crippen LogP contribution in [0.1, 0.15) is 12.0 Å². The van der Waals surface area contributed by atoms with Crippen LogP contribution in [0, 0.1) is 0 Å². The molecule has 0 unspecified atom stereocenters. The molecule has 0 bridgehead atoms. The van der Waals surface area contributed by atoms with E-state index in [2.05, 4.69) is 4.98 Å². The van der Waals surface area contributed by atoms with Crippen LogP contribution in [0.2, 0.25) is 0 Å². The molecule has 0 saturated heterocycles. The zero-order valence-corrected chi connectivity index (χ0v) is 16.7. The van der Waals surface area contributed by atoms with E-state index in [1.54, 1.807) is 4.90 Å². The Kier molecular flexibility index (Phi) is 7.29. The van der Waals surface area contributed by atoms with Gasteiger partial charge in [-0.25, -0.2) is 4.79 Å². The second-order valence-corrected chi connectivity index (χ2v) is 6.79. The van der Waals surface area contributed by atoms with Gasteiger partial charge in [-0.3, -0.25) is 14.3 Å². The van der Waals surface area contributed by atoms with Gasteiger partial charge in [-0.05, 0) is 24.1 Å². The molecule has 0 aliphatic carbocycles. The molecule has 0 atom stereocenters. The number of nitrogen functional groups attached to an aromatic ring is 1. The van der Waals surface area contributed by atoms with Crippen molar-refractivity contribution in [2.75, 3.05) is 36.9 Å². The monoisotopic (exact) mass is 410 g/mol. The summed E-state index contributed by atoms with van der Waals surface area (Å²) in [5.41, 5.74) is 6.17. The Labute approximate surface area is 174 Å². The van der Waals surface area contributed by atoms with Gasteiger partial charge in [0.15, 0.2) is 0 Å². The van der Waals surface area contributed by atoms with Gasteiger partial charge in [-0.2, -0.15) is 0 Å². The number of aromatic amines is 1. The predicted molar refractivity (Wildman–Crippen MR) is 117 cm³/mol. The number of para-hydroxylation sites is 1. The van der Waals surface area contributed by atoms with Crippen molar-refractivity contribution in [3.63, 3.8) is 0 Å². The lowest BCUT2D eigenvalue weighted by atomic mass is 10.2. The summed E-state index contributed by atoms with van der Waals surface area (Å²) in [5.74, 6) is 0.838. The minimum absolute atomic E-state index is 0.0741. The highest BCUT2D eigenvalue weighted by molar-refractivity contribution is 5.62. The lowest BCUT2D eigenvalue weighted by Crippen LogP contribution is -2.40. The van der Waals surface area contributed by atoms with E-state index >= 15 is 0 Å². The van der Waals surface area contributed by atoms with Crippen LogP contribution in [0.15, 0.2) is 70.3 Å². The number of rotatable bonds is 10. The van der Waals surface area contributed by atoms with E-state index in [0.717, 1.165) is 11.3 Å². The van der Waals surface area contributed by atoms with Crippen LogP contribution in [0.25, 0.3) is 0 Å². The van der Waals surface area contributed by atoms with Crippen LogP contribution < -0.4 is 26.6 Å². The molecule has 2 aromatic carbocycles. The zero-order chi connectivity index (χ0) is 21.3. The van der Waals surface area contributed by atoms with Crippen molar-refractivity contribution in [2.45, 2.75) is 13.0 Å². The molecule has 8 nitrogen and oxygen atoms in total. The lowest BCUT2D eigenvalue weighted by Gasteiger charge is -2.25. The topological polar surface area (TPSA) is 114 Å². The first-order chi connectivity index (χ1) is 14.6. The molecule has 1 aromatic heterocycles. The average Bonchev–Trinajstić information content (AvgIpc) is 2.75. The fourth-order valence-electron chi connectivity index (χ4n) is 3.22. The molecule has 158 valence electrons. The number of nitrogens with two attached hydrogens (primary N) is 1. The van der Waals surface area contributed by atoms with Crippen molar-refractivity contribution in [1.29, 1.82) is 0 Å². The summed E-state index contributed by atoms with van der Waals surface area (Å²) in [4.78, 5) is 28.9. The summed E-state index contributed by atoms with van der Waals surface area (Å²) < 4.78 is 7.02. The summed E-state index contributed by atoms with van der Waals surface area (Å²) in [6.45, 7) is 1.16. The van der Waals surface area contributed by atoms with Gasteiger partial charge in [-0.15, -0.1) is 0 Å². The van der Waals surface area contributed by atoms with Crippen LogP contribution >= 0.6 is 0 Å². The maximum atomic E-state index is 12.5. The number of aromatic nitrogens is 2. The SMILES string of the molecule is Nc1c(N(CCO)CCCOc2ccccc2)c(=O)[nH]c(=O)n1Cc1ccccc1. The molecule has 3 aromatic rings. The van der Waals surface area contributed by atoms with Crippen LogP contribution in [-0.2, 0) is 6.54 Å². The standard InChI is InChI=1S/C22H26N4O4/c23-20-19(21(28)24-22(29)26(20)16-17-8-3-1-4-9-17)25(13-14-27)12-7-15-30-18-10-5-2-6-11-18/h1-6,8-11,27H,7,12-16,23H2,(H,24,28,29). The number of aliphatic hydroxyl groups is 1. The number of hydrogen-bond acceptors (Lipinski definition) is 6. The number of anilines is 2. The van der Waals surface area contributed by atoms with Crippen molar-refractivity contribution in [1.82, 2.24) is 9.55 Å². The second-order valence-electron chi connectivity index (χ2n) is 6.79. The first-order valence-electron chi connectivity index (χ1n) is 9.80. The molecule has 0 radical (unpaired) electrons. The third kappa shape index (κ3) is 5.30. The first kappa shape index (κ1) is 21.2. The summed E-state index contributed by atoms with van der Waals surface area (Å²) in [5, 5.41) is 9.48. The number of ether oxygens (including phenoxy) is 1. The van der Waals surface area contributed by atoms with Crippen LogP contribution in [-0.4, -0.2) is 41.0 Å². The summed E-state index contributed by atoms with van der Waals surface area (Å²) in [7, 11) is 0. The highest BCUT2D eigenvalue weighted by Crippen LogP contribution is 2.18. The Morgan fingerprint density at radius 3 is 2.33 bits per heavy atom. The first-order valence-corrected chi connectivity index (χ1v) is 9.80. The smallest absolute Gasteiger partial charge is 0.330 e. The van der Waals surface area contributed by atoms with Crippen molar-refractivity contribution < 1.29 is 9.84 Å². The summed E-state index contributed by atoms with van der Waals surface area (Å²) in [6, 6.07) is 18.8. The van der Waals surface area contributed by atoms with E-state index in [9.17, 15) is 14.7 Å². The number of nitrogens with one attached hydrogen (secondary N) is 1. The Hall–Kier alpha value is -3.52. The van der Waals surface area contributed by atoms with Crippen molar-refractivity contribution in [2.24, 2.45) is 0 Å². The van der Waals surface area contributed by atoms with E-state index in [4.69, 9.17) is 10.5 Å². The average molecular weight is 410 g/mol. The largest absolute Gasteiger partial charge is 0.494 e. The third-order valence-corrected chi connectivity index (χ3v) is 4.67. The molecule has 30 heavy (non-hydrogen) atoms. The number of hydrogen-bond donors (Lipinski definition) is 3. The van der Waals surface area contributed by atoms with Gasteiger partial charge in [0, 0.05) is 13.1 Å². The summed E-state index contributed by atoms with van der Waals surface area (Å²) in [6.07, 6.45) is 0.603. The Balaban J connectivity index is 1.78. The van der Waals surface area contributed by atoms with Crippen LogP contribution in [0.5, 0.6) is 5.75 Å². The van der Waals surface area contributed by atoms with E-state index in [1.165, 1.54) is 4.57 Å². The molecular formula is C22H26N4O4. The van der Waals surface area contributed by atoms with E-state index < -0.39 is 11.2 Å². The normalized spacial score (nSPS) is 10.7. The maximum absolute atomic E-state index is 12.5. The molecule has 4 N–H and O–H groups in total. The molecule has 0 saturated carbocycles. The maximum Gasteiger partial charge on any atom is 0.330 e. The van der Waals surface area contributed by atoms with Crippen molar-refractivity contribution in [3.05, 3.63) is 87.1 Å². The molecular weight excluding hydrogens is 384 g/mol. The number of H-pyrrole nitrogens is 1. The van der Waals surface area contributed by atoms with E-state index in [0.29, 0.717) is 19.6 Å². The Bertz CT molecular complexity index is 1050. The lowest BCUT2D eigenvalue weighted by molar-refractivity contribution is 0.292. The Morgan fingerprint density at radius 1 is 1.00 bits per heavy atom. The van der Waals surface area contributed by atoms with Crippen LogP contribution in [0.4, 0.5) is 11.5 Å². The van der Waals surface area contributed by atoms with Gasteiger partial charge in [0.1, 0.15) is 17.3 Å². The number of nitrogens with zero attached hydrogens (tertiary/aromatic N) is 2. The van der Waals surface area contributed by atoms with Crippen molar-refractivity contribution in [3.8, 4) is 5.75 Å². The molecule has 0 amide bonds. The van der Waals surface area contributed by atoms with Gasteiger partial charge < -0.3 is 20.5 Å². The number of benzene rings is 2. The van der Waals surface area contributed by atoms with Crippen LogP contribution in [0.3, 0.4) is 0 Å². The van der Waals surface area contributed by atoms with Gasteiger partial charge in [0.05, 0.1) is 19.8 Å². The molecule has 0 aliphatic rings. The molecule has 1 heterocycles. The highest BCUT2D eigenvalue weighted by Gasteiger charge is 2.18. The van der Waals surface area contributed by atoms with E-state index in [1.807, 2.05) is 60.7 Å². The third-order valence-electron chi connectivity index (χ3n) is 4.67. The van der Waals surface area contributed by atoms with Gasteiger partial charge in [0.2, 0.25) is 0 Å². The zero-order valence-electron chi connectivity index (χ0n) is 16.7. The fourth-order valence-corrected chi connectivity index (χ4v) is 3.22. The minimum Gasteiger partial charge on any atom is -0.494 e. The van der Waals surface area contributed by atoms with Gasteiger partial charge in [-0.1, -0.05) is 48.5 Å². The minimum atomic E-state index is -0.570. The quantitative estimate of drug-likeness (QED) is 0.436. The second kappa shape index (κ2) is 10.3. The van der Waals surface area contributed by atoms with E-state index in [-0.39, 0.29) is 31.2 Å². The Morgan fingerprint density at radius 2 is 1.67 bits per heavy atom. The predicted octanol–water partition coefficient (Wildman–Crippen LogP) is 1.43. The van der Waals surface area contributed by atoms with Gasteiger partial charge in [0.25, 0.3) is 5.56 Å². The molecule has 0 fully saturated rings. The van der Waals surface area contributed by atoms with Crippen molar-refractivity contribution >= 4 is 11.5 Å².